The molecule has 1 aromatic rings. The van der Waals surface area contributed by atoms with E-state index < -0.39 is 17.6 Å². The predicted molar refractivity (Wildman–Crippen MR) is 76.7 cm³/mol. The fraction of sp³-hybridized carbons (Fsp3) is 0.308. The van der Waals surface area contributed by atoms with E-state index in [0.717, 1.165) is 4.90 Å². The van der Waals surface area contributed by atoms with Crippen LogP contribution in [0.3, 0.4) is 0 Å². The maximum Gasteiger partial charge on any atom is 0.408 e. The molecule has 1 amide bonds. The van der Waals surface area contributed by atoms with Crippen molar-refractivity contribution in [3.8, 4) is 0 Å². The van der Waals surface area contributed by atoms with E-state index in [0.29, 0.717) is 16.2 Å². The third-order valence-electron chi connectivity index (χ3n) is 3.28. The van der Waals surface area contributed by atoms with Gasteiger partial charge in [0.2, 0.25) is 0 Å². The molecule has 112 valence electrons. The Balaban J connectivity index is 2.53. The van der Waals surface area contributed by atoms with Crippen molar-refractivity contribution in [3.05, 3.63) is 34.5 Å². The standard InChI is InChI=1S/C13H14N2O5S/c1-3-5-20-14-9-7-15(12(18)19)13(2,11(16)17)10-8(9)4-6-21-10/h3-4,6H,1,5,7H2,2H3,(H,16,17)(H,18,19). The minimum atomic E-state index is -1.63. The highest BCUT2D eigenvalue weighted by atomic mass is 32.1. The van der Waals surface area contributed by atoms with Gasteiger partial charge in [-0.15, -0.1) is 11.3 Å². The molecule has 0 spiro atoms. The summed E-state index contributed by atoms with van der Waals surface area (Å²) in [5.74, 6) is -1.22. The molecule has 0 aromatic carbocycles. The van der Waals surface area contributed by atoms with E-state index in [2.05, 4.69) is 11.7 Å². The van der Waals surface area contributed by atoms with Crippen LogP contribution in [0.15, 0.2) is 29.3 Å². The third-order valence-corrected chi connectivity index (χ3v) is 4.41. The van der Waals surface area contributed by atoms with Crippen molar-refractivity contribution >= 4 is 29.1 Å². The van der Waals surface area contributed by atoms with Crippen LogP contribution in [-0.2, 0) is 15.2 Å². The summed E-state index contributed by atoms with van der Waals surface area (Å²) in [6, 6.07) is 1.72. The number of carboxylic acids is 1. The van der Waals surface area contributed by atoms with Gasteiger partial charge in [-0.05, 0) is 18.4 Å². The number of fused-ring (bicyclic) bond motifs is 1. The van der Waals surface area contributed by atoms with Gasteiger partial charge in [-0.2, -0.15) is 0 Å². The Morgan fingerprint density at radius 2 is 2.33 bits per heavy atom. The summed E-state index contributed by atoms with van der Waals surface area (Å²) < 4.78 is 0. The van der Waals surface area contributed by atoms with E-state index in [1.807, 2.05) is 0 Å². The first kappa shape index (κ1) is 15.0. The zero-order chi connectivity index (χ0) is 15.6. The van der Waals surface area contributed by atoms with Gasteiger partial charge in [0.05, 0.1) is 11.4 Å². The number of carboxylic acid groups (broad SMARTS) is 2. The third kappa shape index (κ3) is 2.38. The molecular formula is C13H14N2O5S. The Morgan fingerprint density at radius 1 is 1.62 bits per heavy atom. The smallest absolute Gasteiger partial charge is 0.408 e. The zero-order valence-corrected chi connectivity index (χ0v) is 12.1. The molecule has 2 N–H and O–H groups in total. The summed E-state index contributed by atoms with van der Waals surface area (Å²) in [7, 11) is 0. The quantitative estimate of drug-likeness (QED) is 0.503. The Hall–Kier alpha value is -2.35. The maximum absolute atomic E-state index is 11.6. The van der Waals surface area contributed by atoms with Crippen LogP contribution in [0.25, 0.3) is 0 Å². The molecule has 2 rings (SSSR count). The van der Waals surface area contributed by atoms with E-state index in [4.69, 9.17) is 4.84 Å². The van der Waals surface area contributed by atoms with Gasteiger partial charge in [-0.3, -0.25) is 4.90 Å². The number of oxime groups is 1. The molecule has 1 aliphatic heterocycles. The summed E-state index contributed by atoms with van der Waals surface area (Å²) in [4.78, 5) is 29.4. The fourth-order valence-electron chi connectivity index (χ4n) is 2.15. The monoisotopic (exact) mass is 310 g/mol. The van der Waals surface area contributed by atoms with Crippen LogP contribution in [0, 0.1) is 0 Å². The van der Waals surface area contributed by atoms with E-state index in [9.17, 15) is 19.8 Å². The normalized spacial score (nSPS) is 22.7. The molecule has 0 fully saturated rings. The van der Waals surface area contributed by atoms with Crippen LogP contribution in [0.5, 0.6) is 0 Å². The first-order chi connectivity index (χ1) is 9.92. The first-order valence-corrected chi connectivity index (χ1v) is 6.93. The van der Waals surface area contributed by atoms with E-state index in [-0.39, 0.29) is 13.2 Å². The molecule has 1 unspecified atom stereocenters. The highest BCUT2D eigenvalue weighted by Gasteiger charge is 2.50. The van der Waals surface area contributed by atoms with Gasteiger partial charge < -0.3 is 15.1 Å². The van der Waals surface area contributed by atoms with Crippen LogP contribution >= 0.6 is 11.3 Å². The molecule has 1 aliphatic rings. The van der Waals surface area contributed by atoms with E-state index in [1.165, 1.54) is 24.3 Å². The van der Waals surface area contributed by atoms with Crippen molar-refractivity contribution in [2.45, 2.75) is 12.5 Å². The number of hydrogen-bond acceptors (Lipinski definition) is 5. The number of hydrogen-bond donors (Lipinski definition) is 2. The maximum atomic E-state index is 11.6. The molecule has 0 bridgehead atoms. The summed E-state index contributed by atoms with van der Waals surface area (Å²) in [5, 5.41) is 24.4. The predicted octanol–water partition coefficient (Wildman–Crippen LogP) is 1.95. The van der Waals surface area contributed by atoms with Crippen molar-refractivity contribution < 1.29 is 24.6 Å². The number of rotatable bonds is 4. The van der Waals surface area contributed by atoms with Crippen molar-refractivity contribution in [1.29, 1.82) is 0 Å². The van der Waals surface area contributed by atoms with Crippen molar-refractivity contribution in [3.63, 3.8) is 0 Å². The summed E-state index contributed by atoms with van der Waals surface area (Å²) in [6.45, 7) is 4.90. The summed E-state index contributed by atoms with van der Waals surface area (Å²) in [6.07, 6.45) is 0.188. The molecule has 1 atom stereocenters. The number of thiophene rings is 1. The van der Waals surface area contributed by atoms with Crippen LogP contribution in [0.1, 0.15) is 17.4 Å². The Labute approximate surface area is 124 Å². The largest absolute Gasteiger partial charge is 0.479 e. The zero-order valence-electron chi connectivity index (χ0n) is 11.3. The molecule has 2 heterocycles. The van der Waals surface area contributed by atoms with Crippen LogP contribution in [0.4, 0.5) is 4.79 Å². The SMILES string of the molecule is C=CCON=C1CN(C(=O)O)C(C)(C(=O)O)c2sccc21. The highest BCUT2D eigenvalue weighted by Crippen LogP contribution is 2.39. The van der Waals surface area contributed by atoms with Gasteiger partial charge in [0.15, 0.2) is 5.54 Å². The van der Waals surface area contributed by atoms with Crippen molar-refractivity contribution in [2.24, 2.45) is 5.16 Å². The number of carbonyl (C=O) groups is 2. The second kappa shape index (κ2) is 5.57. The molecule has 7 nitrogen and oxygen atoms in total. The first-order valence-electron chi connectivity index (χ1n) is 6.05. The highest BCUT2D eigenvalue weighted by molar-refractivity contribution is 7.10. The lowest BCUT2D eigenvalue weighted by molar-refractivity contribution is -0.149. The van der Waals surface area contributed by atoms with Gasteiger partial charge in [0.25, 0.3) is 0 Å². The summed E-state index contributed by atoms with van der Waals surface area (Å²) in [5.41, 5.74) is -0.645. The second-order valence-corrected chi connectivity index (χ2v) is 5.45. The number of aliphatic carboxylic acids is 1. The lowest BCUT2D eigenvalue weighted by atomic mass is 9.88. The summed E-state index contributed by atoms with van der Waals surface area (Å²) >= 11 is 1.18. The topological polar surface area (TPSA) is 99.4 Å². The molecular weight excluding hydrogens is 296 g/mol. The molecule has 0 saturated heterocycles. The molecule has 8 heteroatoms. The van der Waals surface area contributed by atoms with E-state index in [1.54, 1.807) is 11.4 Å². The van der Waals surface area contributed by atoms with Crippen LogP contribution < -0.4 is 0 Å². The minimum absolute atomic E-state index is 0.154. The molecule has 21 heavy (non-hydrogen) atoms. The number of amides is 1. The molecule has 0 saturated carbocycles. The average molecular weight is 310 g/mol. The average Bonchev–Trinajstić information content (AvgIpc) is 2.91. The van der Waals surface area contributed by atoms with Crippen LogP contribution in [-0.4, -0.2) is 46.0 Å². The van der Waals surface area contributed by atoms with Crippen molar-refractivity contribution in [1.82, 2.24) is 4.90 Å². The van der Waals surface area contributed by atoms with Gasteiger partial charge >= 0.3 is 12.1 Å². The van der Waals surface area contributed by atoms with Gasteiger partial charge in [-0.1, -0.05) is 17.8 Å². The van der Waals surface area contributed by atoms with Gasteiger partial charge in [0.1, 0.15) is 12.3 Å². The van der Waals surface area contributed by atoms with Crippen LogP contribution in [0.2, 0.25) is 0 Å². The van der Waals surface area contributed by atoms with Gasteiger partial charge in [-0.25, -0.2) is 9.59 Å². The Kier molecular flexibility index (Phi) is 3.99. The van der Waals surface area contributed by atoms with Gasteiger partial charge in [0, 0.05) is 5.56 Å². The molecule has 1 aromatic heterocycles. The Bertz CT molecular complexity index is 624. The molecule has 0 aliphatic carbocycles. The molecule has 0 radical (unpaired) electrons. The lowest BCUT2D eigenvalue weighted by Gasteiger charge is -2.39. The van der Waals surface area contributed by atoms with E-state index >= 15 is 0 Å². The number of nitrogens with zero attached hydrogens (tertiary/aromatic N) is 2. The minimum Gasteiger partial charge on any atom is -0.479 e. The lowest BCUT2D eigenvalue weighted by Crippen LogP contribution is -2.57. The second-order valence-electron chi connectivity index (χ2n) is 4.53. The fourth-order valence-corrected chi connectivity index (χ4v) is 3.23. The Morgan fingerprint density at radius 3 is 2.90 bits per heavy atom. The van der Waals surface area contributed by atoms with Crippen molar-refractivity contribution in [2.75, 3.05) is 13.2 Å².